The number of nitrogens with two attached hydrogens (primary N) is 1. The molecule has 2 aromatic rings. The van der Waals surface area contributed by atoms with Gasteiger partial charge in [-0.3, -0.25) is 15.6 Å². The Morgan fingerprint density at radius 2 is 2.00 bits per heavy atom. The summed E-state index contributed by atoms with van der Waals surface area (Å²) in [6.45, 7) is 0. The zero-order valence-electron chi connectivity index (χ0n) is 12.2. The molecule has 0 saturated carbocycles. The largest absolute Gasteiger partial charge is 0.382 e. The highest BCUT2D eigenvalue weighted by Gasteiger charge is 2.17. The van der Waals surface area contributed by atoms with E-state index in [0.717, 1.165) is 0 Å². The molecule has 0 radical (unpaired) electrons. The molecule has 0 fully saturated rings. The minimum atomic E-state index is -0.471. The third-order valence-corrected chi connectivity index (χ3v) is 3.82. The van der Waals surface area contributed by atoms with E-state index in [-0.39, 0.29) is 11.5 Å². The van der Waals surface area contributed by atoms with Crippen LogP contribution in [0.15, 0.2) is 52.0 Å². The van der Waals surface area contributed by atoms with Gasteiger partial charge in [-0.2, -0.15) is 10.4 Å². The van der Waals surface area contributed by atoms with Crippen LogP contribution in [0.1, 0.15) is 15.9 Å². The number of halogens is 2. The molecule has 0 spiro atoms. The molecule has 0 aromatic heterocycles. The summed E-state index contributed by atoms with van der Waals surface area (Å²) in [5, 5.41) is 20.2. The van der Waals surface area contributed by atoms with Crippen LogP contribution >= 0.6 is 27.5 Å². The number of carbonyl (C=O) groups excluding carboxylic acids is 1. The highest BCUT2D eigenvalue weighted by Crippen LogP contribution is 2.26. The van der Waals surface area contributed by atoms with E-state index in [4.69, 9.17) is 28.0 Å². The lowest BCUT2D eigenvalue weighted by molar-refractivity contribution is 0.103. The fraction of sp³-hybridized carbons (Fsp3) is 0. The summed E-state index contributed by atoms with van der Waals surface area (Å²) in [6.07, 6.45) is 0. The monoisotopic (exact) mass is 403 g/mol. The molecule has 6 nitrogen and oxygen atoms in total. The normalized spacial score (nSPS) is 10.8. The van der Waals surface area contributed by atoms with Gasteiger partial charge in [-0.05, 0) is 30.3 Å². The second kappa shape index (κ2) is 7.73. The van der Waals surface area contributed by atoms with Gasteiger partial charge < -0.3 is 5.73 Å². The summed E-state index contributed by atoms with van der Waals surface area (Å²) < 4.78 is 0.694. The van der Waals surface area contributed by atoms with Crippen molar-refractivity contribution in [3.63, 3.8) is 0 Å². The number of ketones is 1. The quantitative estimate of drug-likeness (QED) is 0.306. The van der Waals surface area contributed by atoms with Gasteiger partial charge in [0.2, 0.25) is 5.71 Å². The molecule has 2 rings (SSSR count). The number of rotatable bonds is 5. The van der Waals surface area contributed by atoms with E-state index >= 15 is 0 Å². The number of hydrogen-bond acceptors (Lipinski definition) is 5. The number of nitrogens with one attached hydrogen (secondary N) is 2. The molecule has 0 amide bonds. The third kappa shape index (κ3) is 3.98. The summed E-state index contributed by atoms with van der Waals surface area (Å²) in [7, 11) is 0. The third-order valence-electron chi connectivity index (χ3n) is 2.99. The Bertz CT molecular complexity index is 888. The van der Waals surface area contributed by atoms with E-state index in [1.54, 1.807) is 48.5 Å². The first-order valence-electron chi connectivity index (χ1n) is 6.61. The molecular weight excluding hydrogens is 394 g/mol. The smallest absolute Gasteiger partial charge is 0.201 e. The lowest BCUT2D eigenvalue weighted by Crippen LogP contribution is -2.22. The van der Waals surface area contributed by atoms with Crippen molar-refractivity contribution in [3.05, 3.63) is 63.1 Å². The fourth-order valence-electron chi connectivity index (χ4n) is 1.85. The van der Waals surface area contributed by atoms with Gasteiger partial charge in [0.15, 0.2) is 11.6 Å². The van der Waals surface area contributed by atoms with Gasteiger partial charge in [-0.25, -0.2) is 0 Å². The zero-order chi connectivity index (χ0) is 17.7. The summed E-state index contributed by atoms with van der Waals surface area (Å²) in [5.41, 5.74) is 8.57. The standard InChI is InChI=1S/C16H11BrClN5O/c17-9-5-6-13(22-23-14(8-19)16(20)21)11(7-9)15(24)10-3-1-2-4-12(10)18/h1-7,22H,(H3,20,21)/b23-14+. The molecule has 2 aromatic carbocycles. The minimum Gasteiger partial charge on any atom is -0.382 e. The Labute approximate surface area is 151 Å². The van der Waals surface area contributed by atoms with Crippen molar-refractivity contribution in [3.8, 4) is 6.07 Å². The maximum Gasteiger partial charge on any atom is 0.201 e. The van der Waals surface area contributed by atoms with E-state index < -0.39 is 5.84 Å². The first kappa shape index (κ1) is 17.7. The molecule has 0 bridgehead atoms. The lowest BCUT2D eigenvalue weighted by Gasteiger charge is -2.10. The van der Waals surface area contributed by atoms with Gasteiger partial charge in [0.1, 0.15) is 6.07 Å². The summed E-state index contributed by atoms with van der Waals surface area (Å²) in [4.78, 5) is 12.8. The van der Waals surface area contributed by atoms with Crippen molar-refractivity contribution in [2.24, 2.45) is 10.8 Å². The summed E-state index contributed by atoms with van der Waals surface area (Å²) >= 11 is 9.40. The Morgan fingerprint density at radius 3 is 2.62 bits per heavy atom. The molecule has 4 N–H and O–H groups in total. The first-order valence-corrected chi connectivity index (χ1v) is 7.78. The number of hydrazone groups is 1. The van der Waals surface area contributed by atoms with Crippen LogP contribution in [-0.4, -0.2) is 17.3 Å². The van der Waals surface area contributed by atoms with Crippen LogP contribution in [0.5, 0.6) is 0 Å². The molecule has 0 aliphatic heterocycles. The predicted molar refractivity (Wildman–Crippen MR) is 97.6 cm³/mol. The van der Waals surface area contributed by atoms with Crippen LogP contribution in [0.4, 0.5) is 5.69 Å². The molecule has 120 valence electrons. The van der Waals surface area contributed by atoms with Crippen molar-refractivity contribution < 1.29 is 4.79 Å². The van der Waals surface area contributed by atoms with Crippen molar-refractivity contribution in [2.45, 2.75) is 0 Å². The molecule has 0 saturated heterocycles. The molecule has 0 atom stereocenters. The SMILES string of the molecule is N#C/C(=N\Nc1ccc(Br)cc1C(=O)c1ccccc1Cl)C(=N)N. The Morgan fingerprint density at radius 1 is 1.29 bits per heavy atom. The predicted octanol–water partition coefficient (Wildman–Crippen LogP) is 3.56. The highest BCUT2D eigenvalue weighted by molar-refractivity contribution is 9.10. The Hall–Kier alpha value is -2.69. The molecule has 0 aliphatic carbocycles. The van der Waals surface area contributed by atoms with Crippen LogP contribution in [0, 0.1) is 16.7 Å². The highest BCUT2D eigenvalue weighted by atomic mass is 79.9. The first-order chi connectivity index (χ1) is 11.4. The summed E-state index contributed by atoms with van der Waals surface area (Å²) in [6, 6.07) is 13.3. The van der Waals surface area contributed by atoms with E-state index in [1.165, 1.54) is 0 Å². The van der Waals surface area contributed by atoms with Gasteiger partial charge in [0, 0.05) is 15.6 Å². The maximum atomic E-state index is 12.8. The number of amidine groups is 1. The number of benzene rings is 2. The van der Waals surface area contributed by atoms with Gasteiger partial charge in [0.05, 0.1) is 10.7 Å². The van der Waals surface area contributed by atoms with Gasteiger partial charge in [0.25, 0.3) is 0 Å². The van der Waals surface area contributed by atoms with Crippen molar-refractivity contribution in [2.75, 3.05) is 5.43 Å². The Kier molecular flexibility index (Phi) is 5.68. The molecule has 0 heterocycles. The number of nitriles is 1. The lowest BCUT2D eigenvalue weighted by atomic mass is 10.0. The zero-order valence-corrected chi connectivity index (χ0v) is 14.5. The Balaban J connectivity index is 2.46. The average Bonchev–Trinajstić information content (AvgIpc) is 2.56. The summed E-state index contributed by atoms with van der Waals surface area (Å²) in [5.74, 6) is -0.776. The van der Waals surface area contributed by atoms with Crippen molar-refractivity contribution >= 4 is 50.5 Å². The topological polar surface area (TPSA) is 115 Å². The van der Waals surface area contributed by atoms with Gasteiger partial charge in [-0.1, -0.05) is 39.7 Å². The van der Waals surface area contributed by atoms with Crippen molar-refractivity contribution in [1.29, 1.82) is 10.7 Å². The van der Waals surface area contributed by atoms with Gasteiger partial charge >= 0.3 is 0 Å². The van der Waals surface area contributed by atoms with E-state index in [9.17, 15) is 4.79 Å². The number of anilines is 1. The number of hydrogen-bond donors (Lipinski definition) is 3. The number of nitrogens with zero attached hydrogens (tertiary/aromatic N) is 2. The number of carbonyl (C=O) groups is 1. The van der Waals surface area contributed by atoms with E-state index in [2.05, 4.69) is 26.5 Å². The van der Waals surface area contributed by atoms with E-state index in [1.807, 2.05) is 0 Å². The molecule has 0 unspecified atom stereocenters. The second-order valence-electron chi connectivity index (χ2n) is 4.60. The van der Waals surface area contributed by atoms with Crippen LogP contribution in [-0.2, 0) is 0 Å². The van der Waals surface area contributed by atoms with Crippen LogP contribution in [0.25, 0.3) is 0 Å². The molecule has 8 heteroatoms. The molecule has 0 aliphatic rings. The minimum absolute atomic E-state index is 0.283. The molecular formula is C16H11BrClN5O. The van der Waals surface area contributed by atoms with Crippen LogP contribution in [0.2, 0.25) is 5.02 Å². The van der Waals surface area contributed by atoms with Crippen molar-refractivity contribution in [1.82, 2.24) is 0 Å². The molecule has 24 heavy (non-hydrogen) atoms. The second-order valence-corrected chi connectivity index (χ2v) is 5.92. The van der Waals surface area contributed by atoms with Crippen LogP contribution in [0.3, 0.4) is 0 Å². The van der Waals surface area contributed by atoms with E-state index in [0.29, 0.717) is 26.3 Å². The average molecular weight is 405 g/mol. The van der Waals surface area contributed by atoms with Gasteiger partial charge in [-0.15, -0.1) is 0 Å². The fourth-order valence-corrected chi connectivity index (χ4v) is 2.44. The maximum absolute atomic E-state index is 12.8. The van der Waals surface area contributed by atoms with Crippen LogP contribution < -0.4 is 11.2 Å².